The summed E-state index contributed by atoms with van der Waals surface area (Å²) in [5, 5.41) is 3.13. The van der Waals surface area contributed by atoms with Gasteiger partial charge in [0.15, 0.2) is 0 Å². The third-order valence-electron chi connectivity index (χ3n) is 2.62. The molecule has 0 aliphatic heterocycles. The summed E-state index contributed by atoms with van der Waals surface area (Å²) in [5.74, 6) is 0. The number of unbranched alkanes of at least 4 members (excludes halogenated alkanes) is 2. The highest BCUT2D eigenvalue weighted by molar-refractivity contribution is 7.89. The molecule has 0 saturated heterocycles. The van der Waals surface area contributed by atoms with E-state index in [1.165, 1.54) is 0 Å². The van der Waals surface area contributed by atoms with Crippen LogP contribution in [-0.4, -0.2) is 21.5 Å². The smallest absolute Gasteiger partial charge is 0.240 e. The van der Waals surface area contributed by atoms with Crippen LogP contribution in [0.5, 0.6) is 0 Å². The zero-order chi connectivity index (χ0) is 13.4. The van der Waals surface area contributed by atoms with Crippen LogP contribution in [0.15, 0.2) is 29.2 Å². The lowest BCUT2D eigenvalue weighted by Crippen LogP contribution is -2.24. The van der Waals surface area contributed by atoms with Crippen LogP contribution in [0.4, 0.5) is 5.69 Å². The molecule has 1 aromatic carbocycles. The Morgan fingerprint density at radius 3 is 2.28 bits per heavy atom. The second-order valence-electron chi connectivity index (χ2n) is 4.16. The average Bonchev–Trinajstić information content (AvgIpc) is 2.36. The highest BCUT2D eigenvalue weighted by Gasteiger charge is 2.12. The highest BCUT2D eigenvalue weighted by Crippen LogP contribution is 2.13. The number of rotatable bonds is 8. The van der Waals surface area contributed by atoms with E-state index in [-0.39, 0.29) is 0 Å². The van der Waals surface area contributed by atoms with Crippen molar-refractivity contribution >= 4 is 15.7 Å². The van der Waals surface area contributed by atoms with Crippen molar-refractivity contribution in [1.82, 2.24) is 4.72 Å². The van der Waals surface area contributed by atoms with Gasteiger partial charge < -0.3 is 5.32 Å². The van der Waals surface area contributed by atoms with Gasteiger partial charge in [-0.1, -0.05) is 19.8 Å². The Morgan fingerprint density at radius 1 is 1.06 bits per heavy atom. The summed E-state index contributed by atoms with van der Waals surface area (Å²) < 4.78 is 26.5. The molecule has 0 amide bonds. The van der Waals surface area contributed by atoms with Gasteiger partial charge in [0.05, 0.1) is 4.90 Å². The molecule has 0 aromatic heterocycles. The average molecular weight is 270 g/mol. The van der Waals surface area contributed by atoms with E-state index < -0.39 is 10.0 Å². The van der Waals surface area contributed by atoms with E-state index in [9.17, 15) is 8.42 Å². The van der Waals surface area contributed by atoms with Crippen molar-refractivity contribution in [3.8, 4) is 0 Å². The molecule has 0 fully saturated rings. The largest absolute Gasteiger partial charge is 0.385 e. The van der Waals surface area contributed by atoms with Crippen LogP contribution in [-0.2, 0) is 10.0 Å². The SMILES string of the molecule is CCCCCNS(=O)(=O)c1ccc(NCC)cc1. The molecule has 0 aliphatic rings. The molecular formula is C13H22N2O2S. The number of benzene rings is 1. The Kier molecular flexibility index (Phi) is 6.15. The molecule has 102 valence electrons. The lowest BCUT2D eigenvalue weighted by molar-refractivity contribution is 0.576. The van der Waals surface area contributed by atoms with Gasteiger partial charge in [0.2, 0.25) is 10.0 Å². The normalized spacial score (nSPS) is 11.4. The minimum absolute atomic E-state index is 0.320. The van der Waals surface area contributed by atoms with Gasteiger partial charge in [0, 0.05) is 18.8 Å². The van der Waals surface area contributed by atoms with Crippen LogP contribution in [0.2, 0.25) is 0 Å². The van der Waals surface area contributed by atoms with Crippen LogP contribution < -0.4 is 10.0 Å². The standard InChI is InChI=1S/C13H22N2O2S/c1-3-5-6-11-15-18(16,17)13-9-7-12(8-10-13)14-4-2/h7-10,14-15H,3-6,11H2,1-2H3. The number of anilines is 1. The molecule has 0 spiro atoms. The Morgan fingerprint density at radius 2 is 1.72 bits per heavy atom. The number of hydrogen-bond acceptors (Lipinski definition) is 3. The molecule has 5 heteroatoms. The predicted molar refractivity (Wildman–Crippen MR) is 75.3 cm³/mol. The molecule has 0 saturated carbocycles. The Labute approximate surface area is 110 Å². The van der Waals surface area contributed by atoms with Gasteiger partial charge in [-0.15, -0.1) is 0 Å². The maximum Gasteiger partial charge on any atom is 0.240 e. The van der Waals surface area contributed by atoms with E-state index in [2.05, 4.69) is 17.0 Å². The van der Waals surface area contributed by atoms with Crippen LogP contribution in [0, 0.1) is 0 Å². The molecule has 1 rings (SSSR count). The molecule has 2 N–H and O–H groups in total. The fourth-order valence-corrected chi connectivity index (χ4v) is 2.70. The topological polar surface area (TPSA) is 58.2 Å². The van der Waals surface area contributed by atoms with Crippen molar-refractivity contribution in [3.63, 3.8) is 0 Å². The van der Waals surface area contributed by atoms with Gasteiger partial charge in [0.25, 0.3) is 0 Å². The van der Waals surface area contributed by atoms with Crippen molar-refractivity contribution in [3.05, 3.63) is 24.3 Å². The van der Waals surface area contributed by atoms with Crippen molar-refractivity contribution in [1.29, 1.82) is 0 Å². The van der Waals surface area contributed by atoms with Gasteiger partial charge >= 0.3 is 0 Å². The predicted octanol–water partition coefficient (Wildman–Crippen LogP) is 2.59. The van der Waals surface area contributed by atoms with Crippen LogP contribution in [0.25, 0.3) is 0 Å². The fraction of sp³-hybridized carbons (Fsp3) is 0.538. The van der Waals surface area contributed by atoms with Crippen LogP contribution >= 0.6 is 0 Å². The molecule has 4 nitrogen and oxygen atoms in total. The lowest BCUT2D eigenvalue weighted by Gasteiger charge is -2.08. The maximum absolute atomic E-state index is 11.9. The van der Waals surface area contributed by atoms with Crippen molar-refractivity contribution in [2.75, 3.05) is 18.4 Å². The minimum atomic E-state index is -3.35. The summed E-state index contributed by atoms with van der Waals surface area (Å²) in [6.45, 7) is 5.42. The van der Waals surface area contributed by atoms with E-state index >= 15 is 0 Å². The zero-order valence-corrected chi connectivity index (χ0v) is 11.9. The quantitative estimate of drug-likeness (QED) is 0.714. The van der Waals surface area contributed by atoms with Gasteiger partial charge in [-0.25, -0.2) is 13.1 Å². The van der Waals surface area contributed by atoms with Gasteiger partial charge in [-0.2, -0.15) is 0 Å². The van der Waals surface area contributed by atoms with Crippen molar-refractivity contribution < 1.29 is 8.42 Å². The Balaban J connectivity index is 2.61. The molecule has 0 heterocycles. The Hall–Kier alpha value is -1.07. The minimum Gasteiger partial charge on any atom is -0.385 e. The molecule has 0 atom stereocenters. The molecular weight excluding hydrogens is 248 g/mol. The number of hydrogen-bond donors (Lipinski definition) is 2. The molecule has 0 bridgehead atoms. The molecule has 0 unspecified atom stereocenters. The summed E-state index contributed by atoms with van der Waals surface area (Å²) in [5.41, 5.74) is 0.933. The van der Waals surface area contributed by atoms with E-state index in [4.69, 9.17) is 0 Å². The second kappa shape index (κ2) is 7.38. The molecule has 18 heavy (non-hydrogen) atoms. The lowest BCUT2D eigenvalue weighted by atomic mass is 10.3. The fourth-order valence-electron chi connectivity index (χ4n) is 1.62. The third-order valence-corrected chi connectivity index (χ3v) is 4.09. The van der Waals surface area contributed by atoms with E-state index in [1.54, 1.807) is 24.3 Å². The van der Waals surface area contributed by atoms with Crippen LogP contribution in [0.3, 0.4) is 0 Å². The summed E-state index contributed by atoms with van der Waals surface area (Å²) in [6, 6.07) is 6.81. The summed E-state index contributed by atoms with van der Waals surface area (Å²) in [6.07, 6.45) is 3.01. The van der Waals surface area contributed by atoms with Gasteiger partial charge in [-0.3, -0.25) is 0 Å². The van der Waals surface area contributed by atoms with Gasteiger partial charge in [-0.05, 0) is 37.6 Å². The second-order valence-corrected chi connectivity index (χ2v) is 5.93. The van der Waals surface area contributed by atoms with E-state index in [1.807, 2.05) is 6.92 Å². The van der Waals surface area contributed by atoms with Crippen molar-refractivity contribution in [2.24, 2.45) is 0 Å². The van der Waals surface area contributed by atoms with E-state index in [0.29, 0.717) is 11.4 Å². The zero-order valence-electron chi connectivity index (χ0n) is 11.1. The molecule has 1 aromatic rings. The first kappa shape index (κ1) is 15.0. The third kappa shape index (κ3) is 4.66. The first-order valence-corrected chi connectivity index (χ1v) is 7.92. The Bertz CT molecular complexity index is 441. The summed E-state index contributed by atoms with van der Waals surface area (Å²) in [7, 11) is -3.35. The number of sulfonamides is 1. The summed E-state index contributed by atoms with van der Waals surface area (Å²) >= 11 is 0. The first-order valence-electron chi connectivity index (χ1n) is 6.43. The molecule has 0 radical (unpaired) electrons. The first-order chi connectivity index (χ1) is 8.60. The molecule has 0 aliphatic carbocycles. The number of nitrogens with one attached hydrogen (secondary N) is 2. The highest BCUT2D eigenvalue weighted by atomic mass is 32.2. The monoisotopic (exact) mass is 270 g/mol. The van der Waals surface area contributed by atoms with E-state index in [0.717, 1.165) is 31.5 Å². The van der Waals surface area contributed by atoms with Gasteiger partial charge in [0.1, 0.15) is 0 Å². The maximum atomic E-state index is 11.9. The summed E-state index contributed by atoms with van der Waals surface area (Å²) in [4.78, 5) is 0.320. The van der Waals surface area contributed by atoms with Crippen molar-refractivity contribution in [2.45, 2.75) is 38.0 Å². The van der Waals surface area contributed by atoms with Crippen LogP contribution in [0.1, 0.15) is 33.1 Å².